The molecule has 0 aliphatic carbocycles. The minimum absolute atomic E-state index is 0.688. The summed E-state index contributed by atoms with van der Waals surface area (Å²) in [5, 5.41) is 0. The molecule has 0 spiro atoms. The lowest BCUT2D eigenvalue weighted by molar-refractivity contribution is 0.282. The van der Waals surface area contributed by atoms with Crippen molar-refractivity contribution in [3.8, 4) is 17.1 Å². The summed E-state index contributed by atoms with van der Waals surface area (Å²) >= 11 is 0. The summed E-state index contributed by atoms with van der Waals surface area (Å²) < 4.78 is 6.08. The van der Waals surface area contributed by atoms with Crippen LogP contribution >= 0.6 is 0 Å². The fourth-order valence-electron chi connectivity index (χ4n) is 3.63. The monoisotopic (exact) mass is 410 g/mol. The van der Waals surface area contributed by atoms with Crippen LogP contribution in [0.2, 0.25) is 0 Å². The van der Waals surface area contributed by atoms with E-state index in [1.54, 1.807) is 0 Å². The maximum absolute atomic E-state index is 6.08. The molecule has 30 heavy (non-hydrogen) atoms. The Balaban J connectivity index is 1.81. The average Bonchev–Trinajstić information content (AvgIpc) is 2.78. The van der Waals surface area contributed by atoms with Gasteiger partial charge in [0.25, 0.3) is 0 Å². The van der Waals surface area contributed by atoms with Crippen molar-refractivity contribution in [2.45, 2.75) is 97.8 Å². The van der Waals surface area contributed by atoms with Crippen molar-refractivity contribution in [1.29, 1.82) is 0 Å². The van der Waals surface area contributed by atoms with Crippen molar-refractivity contribution < 1.29 is 4.74 Å². The van der Waals surface area contributed by atoms with E-state index in [0.29, 0.717) is 5.92 Å². The van der Waals surface area contributed by atoms with Gasteiger partial charge in [0.05, 0.1) is 12.2 Å². The second-order valence-corrected chi connectivity index (χ2v) is 8.60. The van der Waals surface area contributed by atoms with Crippen molar-refractivity contribution in [2.24, 2.45) is 5.92 Å². The summed E-state index contributed by atoms with van der Waals surface area (Å²) in [6, 6.07) is 10.2. The third kappa shape index (κ3) is 9.28. The van der Waals surface area contributed by atoms with Gasteiger partial charge in [0.1, 0.15) is 5.75 Å². The van der Waals surface area contributed by atoms with Crippen molar-refractivity contribution in [3.63, 3.8) is 0 Å². The van der Waals surface area contributed by atoms with Crippen molar-refractivity contribution >= 4 is 0 Å². The minimum Gasteiger partial charge on any atom is -0.493 e. The fraction of sp³-hybridized carbons (Fsp3) is 0.630. The van der Waals surface area contributed by atoms with E-state index in [0.717, 1.165) is 42.3 Å². The number of ether oxygens (including phenoxy) is 1. The topological polar surface area (TPSA) is 35.0 Å². The molecule has 1 aromatic heterocycles. The zero-order valence-electron chi connectivity index (χ0n) is 19.5. The number of hydrogen-bond donors (Lipinski definition) is 0. The third-order valence-electron chi connectivity index (χ3n) is 5.94. The molecule has 2 rings (SSSR count). The lowest BCUT2D eigenvalue weighted by Gasteiger charge is -2.13. The number of unbranched alkanes of at least 4 members (excludes halogenated alkanes) is 8. The van der Waals surface area contributed by atoms with Gasteiger partial charge in [0.2, 0.25) is 0 Å². The Bertz CT molecular complexity index is 701. The molecular weight excluding hydrogens is 368 g/mol. The van der Waals surface area contributed by atoms with Gasteiger partial charge in [-0.05, 0) is 43.4 Å². The summed E-state index contributed by atoms with van der Waals surface area (Å²) in [6.07, 6.45) is 17.3. The Morgan fingerprint density at radius 1 is 0.867 bits per heavy atom. The minimum atomic E-state index is 0.688. The van der Waals surface area contributed by atoms with Gasteiger partial charge in [-0.15, -0.1) is 0 Å². The Morgan fingerprint density at radius 2 is 1.57 bits per heavy atom. The van der Waals surface area contributed by atoms with Gasteiger partial charge < -0.3 is 4.74 Å². The second-order valence-electron chi connectivity index (χ2n) is 8.60. The molecule has 0 saturated carbocycles. The van der Waals surface area contributed by atoms with Crippen molar-refractivity contribution in [3.05, 3.63) is 42.2 Å². The highest BCUT2D eigenvalue weighted by molar-refractivity contribution is 5.63. The van der Waals surface area contributed by atoms with Crippen molar-refractivity contribution in [2.75, 3.05) is 6.61 Å². The van der Waals surface area contributed by atoms with E-state index in [9.17, 15) is 0 Å². The van der Waals surface area contributed by atoms with E-state index in [2.05, 4.69) is 37.9 Å². The Kier molecular flexibility index (Phi) is 12.2. The summed E-state index contributed by atoms with van der Waals surface area (Å²) in [5.41, 5.74) is 2.13. The molecule has 1 unspecified atom stereocenters. The third-order valence-corrected chi connectivity index (χ3v) is 5.94. The summed E-state index contributed by atoms with van der Waals surface area (Å²) in [6.45, 7) is 7.52. The van der Waals surface area contributed by atoms with Crippen LogP contribution in [0.15, 0.2) is 36.5 Å². The van der Waals surface area contributed by atoms with Crippen LogP contribution in [-0.4, -0.2) is 16.6 Å². The van der Waals surface area contributed by atoms with Crippen LogP contribution in [0.3, 0.4) is 0 Å². The number of benzene rings is 1. The first kappa shape index (κ1) is 24.4. The molecule has 166 valence electrons. The predicted octanol–water partition coefficient (Wildman–Crippen LogP) is 8.03. The highest BCUT2D eigenvalue weighted by Gasteiger charge is 2.10. The quantitative estimate of drug-likeness (QED) is 0.263. The molecule has 2 aromatic rings. The molecule has 0 aliphatic rings. The Hall–Kier alpha value is -1.90. The van der Waals surface area contributed by atoms with Gasteiger partial charge in [-0.25, -0.2) is 9.97 Å². The highest BCUT2D eigenvalue weighted by Crippen LogP contribution is 2.27. The number of aryl methyl sites for hydroxylation is 1. The first-order chi connectivity index (χ1) is 14.7. The van der Waals surface area contributed by atoms with Crippen LogP contribution in [0.5, 0.6) is 5.75 Å². The van der Waals surface area contributed by atoms with E-state index in [1.165, 1.54) is 64.2 Å². The lowest BCUT2D eigenvalue weighted by Crippen LogP contribution is -2.04. The summed E-state index contributed by atoms with van der Waals surface area (Å²) in [4.78, 5) is 9.37. The molecule has 3 heteroatoms. The normalized spacial score (nSPS) is 12.1. The van der Waals surface area contributed by atoms with Gasteiger partial charge in [-0.3, -0.25) is 0 Å². The van der Waals surface area contributed by atoms with Crippen LogP contribution in [0.4, 0.5) is 0 Å². The van der Waals surface area contributed by atoms with Gasteiger partial charge in [0.15, 0.2) is 5.82 Å². The van der Waals surface area contributed by atoms with Crippen molar-refractivity contribution in [1.82, 2.24) is 9.97 Å². The molecule has 0 radical (unpaired) electrons. The van der Waals surface area contributed by atoms with Gasteiger partial charge in [-0.1, -0.05) is 90.7 Å². The number of nitrogens with zero attached hydrogens (tertiary/aromatic N) is 2. The first-order valence-corrected chi connectivity index (χ1v) is 12.3. The summed E-state index contributed by atoms with van der Waals surface area (Å²) in [5.74, 6) is 2.36. The fourth-order valence-corrected chi connectivity index (χ4v) is 3.63. The lowest BCUT2D eigenvalue weighted by atomic mass is 10.1. The molecular formula is C27H42N2O. The molecule has 0 bridgehead atoms. The van der Waals surface area contributed by atoms with Gasteiger partial charge in [-0.2, -0.15) is 0 Å². The Morgan fingerprint density at radius 3 is 2.30 bits per heavy atom. The molecule has 0 aliphatic heterocycles. The molecule has 0 fully saturated rings. The Labute approximate surface area is 184 Å². The molecule has 3 nitrogen and oxygen atoms in total. The number of para-hydroxylation sites is 1. The van der Waals surface area contributed by atoms with E-state index in [4.69, 9.17) is 9.72 Å². The number of hydrogen-bond acceptors (Lipinski definition) is 3. The maximum Gasteiger partial charge on any atom is 0.163 e. The van der Waals surface area contributed by atoms with Crippen LogP contribution in [-0.2, 0) is 6.42 Å². The SMILES string of the molecule is CCCCCCCCCCCc1ccnc(-c2ccccc2OCCC(C)CC)n1. The smallest absolute Gasteiger partial charge is 0.163 e. The van der Waals surface area contributed by atoms with E-state index in [1.807, 2.05) is 24.4 Å². The molecule has 0 saturated heterocycles. The molecule has 1 atom stereocenters. The standard InChI is InChI=1S/C27H42N2O/c1-4-6-7-8-9-10-11-12-13-16-24-19-21-28-27(29-24)25-17-14-15-18-26(25)30-22-20-23(3)5-2/h14-15,17-19,21,23H,4-13,16,20,22H2,1-3H3. The summed E-state index contributed by atoms with van der Waals surface area (Å²) in [7, 11) is 0. The van der Waals surface area contributed by atoms with Crippen LogP contribution < -0.4 is 4.74 Å². The van der Waals surface area contributed by atoms with E-state index >= 15 is 0 Å². The van der Waals surface area contributed by atoms with Crippen LogP contribution in [0.25, 0.3) is 11.4 Å². The highest BCUT2D eigenvalue weighted by atomic mass is 16.5. The number of rotatable bonds is 16. The van der Waals surface area contributed by atoms with Crippen LogP contribution in [0.1, 0.15) is 97.1 Å². The molecule has 0 N–H and O–H groups in total. The number of aromatic nitrogens is 2. The zero-order chi connectivity index (χ0) is 21.4. The molecule has 1 heterocycles. The van der Waals surface area contributed by atoms with Crippen LogP contribution in [0, 0.1) is 5.92 Å². The predicted molar refractivity (Wildman–Crippen MR) is 128 cm³/mol. The average molecular weight is 411 g/mol. The van der Waals surface area contributed by atoms with Gasteiger partial charge >= 0.3 is 0 Å². The first-order valence-electron chi connectivity index (χ1n) is 12.3. The zero-order valence-corrected chi connectivity index (χ0v) is 19.5. The van der Waals surface area contributed by atoms with E-state index < -0.39 is 0 Å². The maximum atomic E-state index is 6.08. The second kappa shape index (κ2) is 15.0. The van der Waals surface area contributed by atoms with Gasteiger partial charge in [0, 0.05) is 11.9 Å². The molecule has 0 amide bonds. The largest absolute Gasteiger partial charge is 0.493 e. The molecule has 1 aromatic carbocycles. The van der Waals surface area contributed by atoms with E-state index in [-0.39, 0.29) is 0 Å².